The van der Waals surface area contributed by atoms with Crippen molar-refractivity contribution in [2.75, 3.05) is 4.90 Å². The number of sulfone groups is 1. The summed E-state index contributed by atoms with van der Waals surface area (Å²) in [6.45, 7) is 3.21. The second kappa shape index (κ2) is 5.31. The van der Waals surface area contributed by atoms with Gasteiger partial charge < -0.3 is 0 Å². The van der Waals surface area contributed by atoms with Crippen molar-refractivity contribution in [2.24, 2.45) is 0 Å². The minimum atomic E-state index is -3.39. The van der Waals surface area contributed by atoms with Crippen LogP contribution < -0.4 is 4.90 Å². The molecular weight excluding hydrogens is 314 g/mol. The van der Waals surface area contributed by atoms with Crippen LogP contribution in [0.4, 0.5) is 5.69 Å². The number of carbonyl (C=O) groups excluding carboxylic acids is 2. The third-order valence-electron chi connectivity index (χ3n) is 3.84. The largest absolute Gasteiger partial charge is 0.268 e. The molecule has 6 heteroatoms. The Morgan fingerprint density at radius 3 is 1.74 bits per heavy atom. The van der Waals surface area contributed by atoms with Crippen molar-refractivity contribution in [3.05, 3.63) is 59.7 Å². The minimum Gasteiger partial charge on any atom is -0.268 e. The van der Waals surface area contributed by atoms with E-state index in [-0.39, 0.29) is 4.90 Å². The van der Waals surface area contributed by atoms with Crippen LogP contribution in [0, 0.1) is 0 Å². The number of hydrogen-bond donors (Lipinski definition) is 0. The zero-order chi connectivity index (χ0) is 16.8. The molecule has 5 nitrogen and oxygen atoms in total. The Kier molecular flexibility index (Phi) is 3.56. The van der Waals surface area contributed by atoms with Crippen LogP contribution in [0.15, 0.2) is 53.4 Å². The molecule has 0 saturated carbocycles. The van der Waals surface area contributed by atoms with E-state index in [1.165, 1.54) is 24.3 Å². The molecule has 0 atom stereocenters. The number of anilines is 1. The molecule has 0 unspecified atom stereocenters. The summed E-state index contributed by atoms with van der Waals surface area (Å²) in [5.41, 5.74) is 1.08. The highest BCUT2D eigenvalue weighted by Gasteiger charge is 2.36. The predicted molar refractivity (Wildman–Crippen MR) is 86.3 cm³/mol. The van der Waals surface area contributed by atoms with Gasteiger partial charge in [-0.05, 0) is 50.2 Å². The van der Waals surface area contributed by atoms with Crippen LogP contribution in [-0.2, 0) is 9.84 Å². The van der Waals surface area contributed by atoms with Crippen molar-refractivity contribution in [2.45, 2.75) is 24.0 Å². The van der Waals surface area contributed by atoms with Gasteiger partial charge in [0, 0.05) is 0 Å². The van der Waals surface area contributed by atoms with Gasteiger partial charge in [0.1, 0.15) is 0 Å². The Morgan fingerprint density at radius 1 is 0.826 bits per heavy atom. The van der Waals surface area contributed by atoms with Gasteiger partial charge in [-0.15, -0.1) is 0 Å². The standard InChI is InChI=1S/C17H15NO4S/c1-11(2)23(21,22)13-9-7-12(8-10-13)18-16(19)14-5-3-4-6-15(14)17(18)20/h3-11H,1-2H3. The Labute approximate surface area is 134 Å². The number of imide groups is 1. The van der Waals surface area contributed by atoms with Gasteiger partial charge in [0.2, 0.25) is 0 Å². The number of benzene rings is 2. The van der Waals surface area contributed by atoms with Crippen LogP contribution >= 0.6 is 0 Å². The second-order valence-electron chi connectivity index (χ2n) is 5.58. The maximum atomic E-state index is 12.4. The SMILES string of the molecule is CC(C)S(=O)(=O)c1ccc(N2C(=O)c3ccccc3C2=O)cc1. The van der Waals surface area contributed by atoms with Crippen LogP contribution in [0.1, 0.15) is 34.6 Å². The summed E-state index contributed by atoms with van der Waals surface area (Å²) in [6, 6.07) is 12.4. The fourth-order valence-electron chi connectivity index (χ4n) is 2.48. The van der Waals surface area contributed by atoms with Crippen molar-refractivity contribution in [1.29, 1.82) is 0 Å². The molecule has 0 saturated heterocycles. The number of nitrogens with zero attached hydrogens (tertiary/aromatic N) is 1. The molecule has 0 fully saturated rings. The van der Waals surface area contributed by atoms with Crippen molar-refractivity contribution < 1.29 is 18.0 Å². The van der Waals surface area contributed by atoms with E-state index in [1.54, 1.807) is 38.1 Å². The highest BCUT2D eigenvalue weighted by atomic mass is 32.2. The van der Waals surface area contributed by atoms with Crippen molar-refractivity contribution in [1.82, 2.24) is 0 Å². The van der Waals surface area contributed by atoms with E-state index in [9.17, 15) is 18.0 Å². The highest BCUT2D eigenvalue weighted by Crippen LogP contribution is 2.29. The molecule has 0 N–H and O–H groups in total. The average Bonchev–Trinajstić information content (AvgIpc) is 2.79. The van der Waals surface area contributed by atoms with Gasteiger partial charge in [0.15, 0.2) is 9.84 Å². The van der Waals surface area contributed by atoms with E-state index >= 15 is 0 Å². The monoisotopic (exact) mass is 329 g/mol. The first-order chi connectivity index (χ1) is 10.8. The smallest absolute Gasteiger partial charge is 0.266 e. The molecule has 23 heavy (non-hydrogen) atoms. The van der Waals surface area contributed by atoms with Gasteiger partial charge in [-0.25, -0.2) is 13.3 Å². The number of rotatable bonds is 3. The molecule has 118 valence electrons. The maximum Gasteiger partial charge on any atom is 0.266 e. The van der Waals surface area contributed by atoms with Crippen LogP contribution in [0.5, 0.6) is 0 Å². The molecule has 0 spiro atoms. The predicted octanol–water partition coefficient (Wildman–Crippen LogP) is 2.67. The minimum absolute atomic E-state index is 0.174. The Balaban J connectivity index is 1.99. The Hall–Kier alpha value is -2.47. The summed E-state index contributed by atoms with van der Waals surface area (Å²) in [6.07, 6.45) is 0. The zero-order valence-corrected chi connectivity index (χ0v) is 13.5. The van der Waals surface area contributed by atoms with E-state index in [0.717, 1.165) is 4.90 Å². The zero-order valence-electron chi connectivity index (χ0n) is 12.7. The lowest BCUT2D eigenvalue weighted by molar-refractivity contribution is 0.0926. The molecule has 2 aromatic carbocycles. The molecule has 0 aliphatic carbocycles. The van der Waals surface area contributed by atoms with Gasteiger partial charge in [0.05, 0.1) is 27.0 Å². The molecule has 0 bridgehead atoms. The summed E-state index contributed by atoms with van der Waals surface area (Å²) in [5.74, 6) is -0.796. The van der Waals surface area contributed by atoms with Gasteiger partial charge in [-0.3, -0.25) is 9.59 Å². The van der Waals surface area contributed by atoms with Crippen LogP contribution in [0.2, 0.25) is 0 Å². The fourth-order valence-corrected chi connectivity index (χ4v) is 3.54. The van der Waals surface area contributed by atoms with E-state index < -0.39 is 26.9 Å². The first-order valence-corrected chi connectivity index (χ1v) is 8.70. The third-order valence-corrected chi connectivity index (χ3v) is 6.01. The van der Waals surface area contributed by atoms with Gasteiger partial charge >= 0.3 is 0 Å². The quantitative estimate of drug-likeness (QED) is 0.812. The molecule has 2 amide bonds. The van der Waals surface area contributed by atoms with E-state index in [2.05, 4.69) is 0 Å². The van der Waals surface area contributed by atoms with Gasteiger partial charge in [0.25, 0.3) is 11.8 Å². The van der Waals surface area contributed by atoms with Crippen molar-refractivity contribution in [3.8, 4) is 0 Å². The lowest BCUT2D eigenvalue weighted by Crippen LogP contribution is -2.29. The Morgan fingerprint density at radius 2 is 1.30 bits per heavy atom. The lowest BCUT2D eigenvalue weighted by Gasteiger charge is -2.15. The van der Waals surface area contributed by atoms with E-state index in [4.69, 9.17) is 0 Å². The van der Waals surface area contributed by atoms with Crippen molar-refractivity contribution >= 4 is 27.3 Å². The van der Waals surface area contributed by atoms with E-state index in [0.29, 0.717) is 16.8 Å². The molecule has 1 aliphatic heterocycles. The van der Waals surface area contributed by atoms with E-state index in [1.807, 2.05) is 0 Å². The summed E-state index contributed by atoms with van der Waals surface area (Å²) in [7, 11) is -3.39. The first kappa shape index (κ1) is 15.4. The first-order valence-electron chi connectivity index (χ1n) is 7.16. The van der Waals surface area contributed by atoms with Crippen LogP contribution in [-0.4, -0.2) is 25.5 Å². The normalized spacial score (nSPS) is 14.5. The Bertz CT molecular complexity index is 863. The third kappa shape index (κ3) is 2.35. The molecule has 0 aromatic heterocycles. The molecule has 2 aromatic rings. The summed E-state index contributed by atoms with van der Waals surface area (Å²) < 4.78 is 24.2. The molecule has 3 rings (SSSR count). The number of fused-ring (bicyclic) bond motifs is 1. The lowest BCUT2D eigenvalue weighted by atomic mass is 10.1. The number of hydrogen-bond acceptors (Lipinski definition) is 4. The number of amides is 2. The van der Waals surface area contributed by atoms with Gasteiger partial charge in [-0.2, -0.15) is 0 Å². The topological polar surface area (TPSA) is 71.5 Å². The summed E-state index contributed by atoms with van der Waals surface area (Å²) in [5, 5.41) is -0.535. The van der Waals surface area contributed by atoms with Crippen LogP contribution in [0.25, 0.3) is 0 Å². The average molecular weight is 329 g/mol. The number of carbonyl (C=O) groups is 2. The van der Waals surface area contributed by atoms with Crippen molar-refractivity contribution in [3.63, 3.8) is 0 Å². The molecule has 0 radical (unpaired) electrons. The fraction of sp³-hybridized carbons (Fsp3) is 0.176. The maximum absolute atomic E-state index is 12.4. The molecule has 1 heterocycles. The summed E-state index contributed by atoms with van der Waals surface area (Å²) in [4.78, 5) is 26.0. The second-order valence-corrected chi connectivity index (χ2v) is 8.08. The molecule has 1 aliphatic rings. The molecular formula is C17H15NO4S. The highest BCUT2D eigenvalue weighted by molar-refractivity contribution is 7.92. The van der Waals surface area contributed by atoms with Gasteiger partial charge in [-0.1, -0.05) is 12.1 Å². The van der Waals surface area contributed by atoms with Crippen LogP contribution in [0.3, 0.4) is 0 Å². The summed E-state index contributed by atoms with van der Waals surface area (Å²) >= 11 is 0.